The molecule has 4 aromatic carbocycles. The van der Waals surface area contributed by atoms with Crippen molar-refractivity contribution in [1.29, 1.82) is 0 Å². The second kappa shape index (κ2) is 9.43. The van der Waals surface area contributed by atoms with Gasteiger partial charge in [-0.05, 0) is 48.5 Å². The monoisotopic (exact) mass is 468 g/mol. The summed E-state index contributed by atoms with van der Waals surface area (Å²) in [4.78, 5) is 0. The van der Waals surface area contributed by atoms with Gasteiger partial charge in [0.15, 0.2) is 0 Å². The number of hydrogen-bond acceptors (Lipinski definition) is 0. The molecule has 0 saturated carbocycles. The van der Waals surface area contributed by atoms with E-state index < -0.39 is 18.9 Å². The van der Waals surface area contributed by atoms with E-state index in [1.165, 1.54) is 18.2 Å². The highest BCUT2D eigenvalue weighted by molar-refractivity contribution is 7.95. The molecule has 0 bridgehead atoms. The quantitative estimate of drug-likeness (QED) is 0.394. The van der Waals surface area contributed by atoms with Crippen LogP contribution in [0.4, 0.5) is 8.78 Å². The number of hydrogen-bond donors (Lipinski definition) is 0. The Morgan fingerprint density at radius 2 is 0.828 bits per heavy atom. The molecule has 4 heteroatoms. The molecule has 4 aromatic rings. The zero-order valence-electron chi connectivity index (χ0n) is 15.7. The lowest BCUT2D eigenvalue weighted by Gasteiger charge is -2.28. The van der Waals surface area contributed by atoms with Crippen molar-refractivity contribution in [3.05, 3.63) is 126 Å². The van der Waals surface area contributed by atoms with E-state index in [2.05, 4.69) is 36.4 Å². The summed E-state index contributed by atoms with van der Waals surface area (Å²) in [6.07, 6.45) is 0.295. The molecule has 0 saturated heterocycles. The minimum atomic E-state index is -2.31. The molecular weight excluding hydrogens is 449 g/mol. The van der Waals surface area contributed by atoms with Gasteiger partial charge in [0.05, 0.1) is 5.56 Å². The van der Waals surface area contributed by atoms with E-state index in [0.29, 0.717) is 6.16 Å². The molecule has 0 aromatic heterocycles. The zero-order chi connectivity index (χ0) is 19.4. The lowest BCUT2D eigenvalue weighted by atomic mass is 10.2. The molecule has 0 spiro atoms. The Bertz CT molecular complexity index is 937. The largest absolute Gasteiger partial charge is 1.00 e. The Labute approximate surface area is 181 Å². The Morgan fingerprint density at radius 3 is 1.17 bits per heavy atom. The van der Waals surface area contributed by atoms with Gasteiger partial charge in [0.25, 0.3) is 0 Å². The van der Waals surface area contributed by atoms with Crippen LogP contribution in [0.1, 0.15) is 5.56 Å². The predicted octanol–water partition coefficient (Wildman–Crippen LogP) is 2.46. The van der Waals surface area contributed by atoms with Gasteiger partial charge in [0.1, 0.15) is 41.0 Å². The van der Waals surface area contributed by atoms with Crippen molar-refractivity contribution in [1.82, 2.24) is 0 Å². The lowest BCUT2D eigenvalue weighted by molar-refractivity contribution is -0.00000661. The SMILES string of the molecule is Fc1cccc(F)c1C[P+](c1ccccc1)(c1ccccc1)c1ccccc1.[Br-]. The molecule has 0 aliphatic rings. The summed E-state index contributed by atoms with van der Waals surface area (Å²) in [6.45, 7) is 0. The summed E-state index contributed by atoms with van der Waals surface area (Å²) in [5.74, 6) is -0.987. The normalized spacial score (nSPS) is 11.0. The van der Waals surface area contributed by atoms with Crippen molar-refractivity contribution < 1.29 is 25.8 Å². The third-order valence-electron chi connectivity index (χ3n) is 5.05. The zero-order valence-corrected chi connectivity index (χ0v) is 18.2. The van der Waals surface area contributed by atoms with E-state index >= 15 is 0 Å². The Balaban J connectivity index is 0.00000240. The molecule has 146 valence electrons. The minimum absolute atomic E-state index is 0. The van der Waals surface area contributed by atoms with Gasteiger partial charge in [-0.15, -0.1) is 0 Å². The first-order valence-corrected chi connectivity index (χ1v) is 11.2. The van der Waals surface area contributed by atoms with Crippen molar-refractivity contribution in [2.75, 3.05) is 0 Å². The standard InChI is InChI=1S/C25H20F2P.BrH/c26-24-17-10-18-25(27)23(24)19-28(20-11-4-1-5-12-20,21-13-6-2-7-14-21)22-15-8-3-9-16-22;/h1-18H,19H2;1H/q+1;/p-1. The summed E-state index contributed by atoms with van der Waals surface area (Å²) in [6, 6.07) is 34.4. The van der Waals surface area contributed by atoms with E-state index in [9.17, 15) is 8.78 Å². The highest BCUT2D eigenvalue weighted by Gasteiger charge is 2.46. The topological polar surface area (TPSA) is 0 Å². The van der Waals surface area contributed by atoms with Gasteiger partial charge < -0.3 is 17.0 Å². The van der Waals surface area contributed by atoms with Crippen LogP contribution in [0.2, 0.25) is 0 Å². The molecular formula is C25H20BrF2P. The van der Waals surface area contributed by atoms with Crippen molar-refractivity contribution in [3.63, 3.8) is 0 Å². The van der Waals surface area contributed by atoms with Crippen LogP contribution in [0, 0.1) is 11.6 Å². The van der Waals surface area contributed by atoms with Gasteiger partial charge in [-0.25, -0.2) is 8.78 Å². The lowest BCUT2D eigenvalue weighted by Crippen LogP contribution is -3.00. The third kappa shape index (κ3) is 4.17. The Kier molecular flexibility index (Phi) is 6.95. The highest BCUT2D eigenvalue weighted by Crippen LogP contribution is 2.58. The summed E-state index contributed by atoms with van der Waals surface area (Å²) in [7, 11) is -2.31. The molecule has 0 N–H and O–H groups in total. The highest BCUT2D eigenvalue weighted by atomic mass is 79.9. The van der Waals surface area contributed by atoms with Crippen molar-refractivity contribution in [3.8, 4) is 0 Å². The molecule has 0 heterocycles. The van der Waals surface area contributed by atoms with E-state index in [1.807, 2.05) is 54.6 Å². The Morgan fingerprint density at radius 1 is 0.483 bits per heavy atom. The molecule has 0 fully saturated rings. The number of rotatable bonds is 5. The first kappa shape index (κ1) is 21.4. The minimum Gasteiger partial charge on any atom is -1.00 e. The first-order valence-electron chi connectivity index (χ1n) is 9.19. The summed E-state index contributed by atoms with van der Waals surface area (Å²) in [5.41, 5.74) is 0.146. The molecule has 0 unspecified atom stereocenters. The molecule has 0 aliphatic carbocycles. The average molecular weight is 469 g/mol. The number of benzene rings is 4. The maximum Gasteiger partial charge on any atom is 0.133 e. The fourth-order valence-electron chi connectivity index (χ4n) is 3.69. The Hall–Kier alpha value is -2.35. The van der Waals surface area contributed by atoms with Crippen LogP contribution < -0.4 is 32.9 Å². The van der Waals surface area contributed by atoms with Crippen LogP contribution in [-0.2, 0) is 6.16 Å². The van der Waals surface area contributed by atoms with Crippen LogP contribution in [-0.4, -0.2) is 0 Å². The summed E-state index contributed by atoms with van der Waals surface area (Å²) < 4.78 is 29.4. The summed E-state index contributed by atoms with van der Waals surface area (Å²) in [5, 5.41) is 3.32. The fourth-order valence-corrected chi connectivity index (χ4v) is 7.95. The fraction of sp³-hybridized carbons (Fsp3) is 0.0400. The molecule has 0 nitrogen and oxygen atoms in total. The molecule has 4 rings (SSSR count). The maximum absolute atomic E-state index is 14.7. The van der Waals surface area contributed by atoms with Crippen LogP contribution in [0.5, 0.6) is 0 Å². The second-order valence-electron chi connectivity index (χ2n) is 6.67. The van der Waals surface area contributed by atoms with Gasteiger partial charge in [-0.1, -0.05) is 60.7 Å². The van der Waals surface area contributed by atoms with Crippen molar-refractivity contribution >= 4 is 23.2 Å². The third-order valence-corrected chi connectivity index (χ3v) is 9.38. The van der Waals surface area contributed by atoms with E-state index in [-0.39, 0.29) is 22.5 Å². The molecule has 0 radical (unpaired) electrons. The van der Waals surface area contributed by atoms with Gasteiger partial charge in [0, 0.05) is 0 Å². The van der Waals surface area contributed by atoms with Crippen molar-refractivity contribution in [2.45, 2.75) is 6.16 Å². The van der Waals surface area contributed by atoms with E-state index in [4.69, 9.17) is 0 Å². The summed E-state index contributed by atoms with van der Waals surface area (Å²) >= 11 is 0. The molecule has 29 heavy (non-hydrogen) atoms. The van der Waals surface area contributed by atoms with Crippen LogP contribution in [0.3, 0.4) is 0 Å². The van der Waals surface area contributed by atoms with Crippen molar-refractivity contribution in [2.24, 2.45) is 0 Å². The van der Waals surface area contributed by atoms with Crippen LogP contribution >= 0.6 is 7.26 Å². The molecule has 0 aliphatic heterocycles. The maximum atomic E-state index is 14.7. The van der Waals surface area contributed by atoms with Gasteiger partial charge >= 0.3 is 0 Å². The van der Waals surface area contributed by atoms with Crippen LogP contribution in [0.25, 0.3) is 0 Å². The van der Waals surface area contributed by atoms with Gasteiger partial charge in [-0.3, -0.25) is 0 Å². The van der Waals surface area contributed by atoms with Gasteiger partial charge in [-0.2, -0.15) is 0 Å². The second-order valence-corrected chi connectivity index (χ2v) is 10.2. The van der Waals surface area contributed by atoms with Crippen LogP contribution in [0.15, 0.2) is 109 Å². The molecule has 0 atom stereocenters. The first-order chi connectivity index (χ1) is 13.7. The van der Waals surface area contributed by atoms with Gasteiger partial charge in [0.2, 0.25) is 0 Å². The predicted molar refractivity (Wildman–Crippen MR) is 115 cm³/mol. The molecule has 0 amide bonds. The smallest absolute Gasteiger partial charge is 0.133 e. The average Bonchev–Trinajstić information content (AvgIpc) is 2.76. The number of halogens is 3. The van der Waals surface area contributed by atoms with E-state index in [0.717, 1.165) is 15.9 Å². The van der Waals surface area contributed by atoms with E-state index in [1.54, 1.807) is 0 Å².